The van der Waals surface area contributed by atoms with Crippen LogP contribution in [0.4, 0.5) is 5.69 Å². The van der Waals surface area contributed by atoms with Crippen LogP contribution in [0, 0.1) is 0 Å². The number of para-hydroxylation sites is 1. The van der Waals surface area contributed by atoms with Crippen molar-refractivity contribution < 1.29 is 0 Å². The first-order chi connectivity index (χ1) is 12.9. The van der Waals surface area contributed by atoms with Crippen molar-refractivity contribution in [3.05, 3.63) is 102 Å². The number of nitrogens with zero attached hydrogens (tertiary/aromatic N) is 1. The molecule has 1 saturated heterocycles. The summed E-state index contributed by atoms with van der Waals surface area (Å²) in [5, 5.41) is 0. The maximum absolute atomic E-state index is 4.79. The van der Waals surface area contributed by atoms with Gasteiger partial charge in [-0.1, -0.05) is 78.9 Å². The lowest BCUT2D eigenvalue weighted by molar-refractivity contribution is 1.35. The molecule has 3 aromatic carbocycles. The van der Waals surface area contributed by atoms with Crippen LogP contribution in [0.1, 0.15) is 21.3 Å². The van der Waals surface area contributed by atoms with Gasteiger partial charge in [0.25, 0.3) is 0 Å². The Labute approximate surface area is 163 Å². The number of hydrogen-bond acceptors (Lipinski definition) is 3. The van der Waals surface area contributed by atoms with E-state index in [0.29, 0.717) is 4.58 Å². The fourth-order valence-corrected chi connectivity index (χ4v) is 5.87. The predicted octanol–water partition coefficient (Wildman–Crippen LogP) is 6.60. The van der Waals surface area contributed by atoms with Gasteiger partial charge in [-0.15, -0.1) is 23.5 Å². The van der Waals surface area contributed by atoms with E-state index in [9.17, 15) is 0 Å². The van der Waals surface area contributed by atoms with Crippen molar-refractivity contribution >= 4 is 40.7 Å². The van der Waals surface area contributed by atoms with Crippen molar-refractivity contribution in [2.75, 3.05) is 11.5 Å². The third-order valence-electron chi connectivity index (χ3n) is 4.23. The van der Waals surface area contributed by atoms with Crippen LogP contribution in [0.5, 0.6) is 0 Å². The zero-order valence-corrected chi connectivity index (χ0v) is 16.0. The number of hydrogen-bond donors (Lipinski definition) is 0. The van der Waals surface area contributed by atoms with Gasteiger partial charge < -0.3 is 0 Å². The molecule has 1 aliphatic heterocycles. The highest BCUT2D eigenvalue weighted by molar-refractivity contribution is 8.19. The first-order valence-electron chi connectivity index (χ1n) is 8.68. The minimum Gasteiger partial charge on any atom is -0.205 e. The van der Waals surface area contributed by atoms with E-state index in [0.717, 1.165) is 22.4 Å². The van der Waals surface area contributed by atoms with Crippen molar-refractivity contribution in [3.8, 4) is 0 Å². The lowest BCUT2D eigenvalue weighted by Crippen LogP contribution is -1.89. The van der Waals surface area contributed by atoms with Gasteiger partial charge in [-0.25, -0.2) is 4.99 Å². The third-order valence-corrected chi connectivity index (χ3v) is 7.29. The van der Waals surface area contributed by atoms with Crippen LogP contribution < -0.4 is 0 Å². The van der Waals surface area contributed by atoms with Crippen molar-refractivity contribution in [2.45, 2.75) is 4.58 Å². The molecule has 1 nitrogen and oxygen atoms in total. The van der Waals surface area contributed by atoms with Gasteiger partial charge in [-0.05, 0) is 23.1 Å². The van der Waals surface area contributed by atoms with Gasteiger partial charge in [0, 0.05) is 17.1 Å². The van der Waals surface area contributed by atoms with E-state index in [-0.39, 0.29) is 0 Å². The summed E-state index contributed by atoms with van der Waals surface area (Å²) in [5.41, 5.74) is 5.60. The molecule has 128 valence electrons. The second kappa shape index (κ2) is 8.46. The zero-order valence-electron chi connectivity index (χ0n) is 14.3. The first-order valence-corrected chi connectivity index (χ1v) is 10.8. The molecule has 0 bridgehead atoms. The van der Waals surface area contributed by atoms with Crippen molar-refractivity contribution in [1.29, 1.82) is 0 Å². The van der Waals surface area contributed by atoms with Crippen LogP contribution in [0.3, 0.4) is 0 Å². The van der Waals surface area contributed by atoms with Gasteiger partial charge in [-0.2, -0.15) is 0 Å². The fraction of sp³-hybridized carbons (Fsp3) is 0.130. The van der Waals surface area contributed by atoms with E-state index in [1.54, 1.807) is 0 Å². The van der Waals surface area contributed by atoms with Crippen LogP contribution in [-0.4, -0.2) is 17.4 Å². The second-order valence-electron chi connectivity index (χ2n) is 5.96. The number of rotatable bonds is 4. The lowest BCUT2D eigenvalue weighted by atomic mass is 9.99. The van der Waals surface area contributed by atoms with Crippen molar-refractivity contribution in [2.24, 2.45) is 4.99 Å². The Morgan fingerprint density at radius 1 is 0.731 bits per heavy atom. The summed E-state index contributed by atoms with van der Waals surface area (Å²) in [7, 11) is 0. The highest BCUT2D eigenvalue weighted by Gasteiger charge is 2.20. The molecule has 0 N–H and O–H groups in total. The Balaban J connectivity index is 1.81. The topological polar surface area (TPSA) is 12.4 Å². The highest BCUT2D eigenvalue weighted by Crippen LogP contribution is 2.48. The summed E-state index contributed by atoms with van der Waals surface area (Å²) in [6.45, 7) is 0. The van der Waals surface area contributed by atoms with Crippen LogP contribution in [0.2, 0.25) is 0 Å². The van der Waals surface area contributed by atoms with E-state index in [1.807, 2.05) is 35.7 Å². The van der Waals surface area contributed by atoms with Crippen LogP contribution in [0.15, 0.2) is 89.9 Å². The average molecular weight is 374 g/mol. The Morgan fingerprint density at radius 2 is 1.27 bits per heavy atom. The molecule has 0 saturated carbocycles. The summed E-state index contributed by atoms with van der Waals surface area (Å²) in [6, 6.07) is 29.2. The van der Waals surface area contributed by atoms with Crippen molar-refractivity contribution in [1.82, 2.24) is 0 Å². The molecule has 0 atom stereocenters. The highest BCUT2D eigenvalue weighted by atomic mass is 32.2. The molecule has 1 aliphatic rings. The molecule has 0 amide bonds. The van der Waals surface area contributed by atoms with E-state index >= 15 is 0 Å². The molecule has 3 aromatic rings. The average Bonchev–Trinajstić information content (AvgIpc) is 3.25. The number of benzene rings is 3. The van der Waals surface area contributed by atoms with Gasteiger partial charge >= 0.3 is 0 Å². The minimum absolute atomic E-state index is 0.480. The smallest absolute Gasteiger partial charge is 0.0781 e. The van der Waals surface area contributed by atoms with Crippen molar-refractivity contribution in [3.63, 3.8) is 0 Å². The molecule has 3 heteroatoms. The van der Waals surface area contributed by atoms with Gasteiger partial charge in [0.05, 0.1) is 15.8 Å². The standard InChI is InChI=1S/C23H19NS2/c1-3-9-18(10-4-1)21(19-11-5-2-6-12-19)17-24-22-14-8-7-13-20(22)23-25-15-16-26-23/h1-14,23H,15-16H2. The maximum atomic E-state index is 4.79. The zero-order chi connectivity index (χ0) is 17.6. The molecular weight excluding hydrogens is 354 g/mol. The van der Waals surface area contributed by atoms with Crippen LogP contribution in [0.25, 0.3) is 5.57 Å². The van der Waals surface area contributed by atoms with E-state index in [1.165, 1.54) is 17.1 Å². The first kappa shape index (κ1) is 17.2. The molecule has 26 heavy (non-hydrogen) atoms. The van der Waals surface area contributed by atoms with Gasteiger partial charge in [0.15, 0.2) is 0 Å². The minimum atomic E-state index is 0.480. The molecule has 0 aromatic heterocycles. The molecule has 0 spiro atoms. The second-order valence-corrected chi connectivity index (χ2v) is 8.69. The molecule has 1 fully saturated rings. The van der Waals surface area contributed by atoms with Crippen LogP contribution in [-0.2, 0) is 0 Å². The van der Waals surface area contributed by atoms with E-state index in [4.69, 9.17) is 4.99 Å². The molecule has 4 rings (SSSR count). The summed E-state index contributed by atoms with van der Waals surface area (Å²) in [5.74, 6) is 5.78. The van der Waals surface area contributed by atoms with Gasteiger partial charge in [-0.3, -0.25) is 0 Å². The van der Waals surface area contributed by atoms with Gasteiger partial charge in [0.2, 0.25) is 0 Å². The van der Waals surface area contributed by atoms with E-state index in [2.05, 4.69) is 78.7 Å². The monoisotopic (exact) mass is 373 g/mol. The SMILES string of the molecule is C(=Nc1ccccc1C1SCCS1)=C(c1ccccc1)c1ccccc1. The Bertz CT molecular complexity index is 881. The van der Waals surface area contributed by atoms with Crippen LogP contribution >= 0.6 is 23.5 Å². The van der Waals surface area contributed by atoms with Gasteiger partial charge in [0.1, 0.15) is 0 Å². The van der Waals surface area contributed by atoms with E-state index < -0.39 is 0 Å². The predicted molar refractivity (Wildman–Crippen MR) is 117 cm³/mol. The molecule has 1 heterocycles. The lowest BCUT2D eigenvalue weighted by Gasteiger charge is -2.10. The molecular formula is C23H19NS2. The summed E-state index contributed by atoms with van der Waals surface area (Å²) < 4.78 is 0.480. The largest absolute Gasteiger partial charge is 0.205 e. The molecule has 0 unspecified atom stereocenters. The number of thioether (sulfide) groups is 2. The number of aliphatic imine (C=N–C) groups is 1. The third kappa shape index (κ3) is 3.96. The normalized spacial score (nSPS) is 14.0. The molecule has 0 radical (unpaired) electrons. The summed E-state index contributed by atoms with van der Waals surface area (Å²) in [6.07, 6.45) is 0. The Morgan fingerprint density at radius 3 is 1.88 bits per heavy atom. The maximum Gasteiger partial charge on any atom is 0.0781 e. The summed E-state index contributed by atoms with van der Waals surface area (Å²) >= 11 is 4.01. The Kier molecular flexibility index (Phi) is 5.61. The fourth-order valence-electron chi connectivity index (χ4n) is 2.95. The summed E-state index contributed by atoms with van der Waals surface area (Å²) in [4.78, 5) is 4.79. The Hall–Kier alpha value is -2.19. The molecule has 0 aliphatic carbocycles. The quantitative estimate of drug-likeness (QED) is 0.478.